The highest BCUT2D eigenvalue weighted by Crippen LogP contribution is 2.24. The van der Waals surface area contributed by atoms with E-state index in [0.717, 1.165) is 18.7 Å². The second kappa shape index (κ2) is 7.10. The first-order chi connectivity index (χ1) is 8.79. The van der Waals surface area contributed by atoms with Crippen molar-refractivity contribution in [1.29, 1.82) is 0 Å². The molecule has 1 saturated carbocycles. The van der Waals surface area contributed by atoms with Crippen LogP contribution in [0.2, 0.25) is 0 Å². The minimum absolute atomic E-state index is 0.151. The molecule has 0 bridgehead atoms. The molecular weight excluding hydrogens is 249 g/mol. The standard InChI is InChI=1S/C15H21ClFN/c16-9-10-18(15-7-2-1-3-8-15)12-13-5-4-6-14(17)11-13/h4-6,11,15H,1-3,7-10,12H2. The molecule has 1 aliphatic carbocycles. The highest BCUT2D eigenvalue weighted by atomic mass is 35.5. The number of nitrogens with zero attached hydrogens (tertiary/aromatic N) is 1. The maximum Gasteiger partial charge on any atom is 0.123 e. The second-order valence-corrected chi connectivity index (χ2v) is 5.46. The van der Waals surface area contributed by atoms with Crippen LogP contribution in [-0.4, -0.2) is 23.4 Å². The van der Waals surface area contributed by atoms with Gasteiger partial charge in [-0.05, 0) is 30.5 Å². The van der Waals surface area contributed by atoms with E-state index >= 15 is 0 Å². The predicted octanol–water partition coefficient (Wildman–Crippen LogP) is 4.20. The Bertz CT molecular complexity index is 363. The lowest BCUT2D eigenvalue weighted by Crippen LogP contribution is -2.37. The lowest BCUT2D eigenvalue weighted by atomic mass is 9.94. The summed E-state index contributed by atoms with van der Waals surface area (Å²) in [6.45, 7) is 1.71. The summed E-state index contributed by atoms with van der Waals surface area (Å²) in [5.74, 6) is 0.494. The summed E-state index contributed by atoms with van der Waals surface area (Å²) >= 11 is 5.90. The Morgan fingerprint density at radius 1 is 1.22 bits per heavy atom. The number of alkyl halides is 1. The SMILES string of the molecule is Fc1cccc(CN(CCCl)C2CCCCC2)c1. The maximum atomic E-state index is 13.2. The van der Waals surface area contributed by atoms with E-state index in [1.807, 2.05) is 6.07 Å². The minimum atomic E-state index is -0.151. The average Bonchev–Trinajstić information content (AvgIpc) is 2.39. The third-order valence-corrected chi connectivity index (χ3v) is 3.91. The zero-order valence-corrected chi connectivity index (χ0v) is 11.5. The molecule has 0 saturated heterocycles. The first-order valence-corrected chi connectivity index (χ1v) is 7.37. The molecule has 1 fully saturated rings. The summed E-state index contributed by atoms with van der Waals surface area (Å²) in [4.78, 5) is 2.42. The Balaban J connectivity index is 2.00. The van der Waals surface area contributed by atoms with E-state index in [9.17, 15) is 4.39 Å². The summed E-state index contributed by atoms with van der Waals surface area (Å²) in [5, 5.41) is 0. The first kappa shape index (κ1) is 13.8. The quantitative estimate of drug-likeness (QED) is 0.724. The van der Waals surface area contributed by atoms with Crippen LogP contribution in [0.15, 0.2) is 24.3 Å². The van der Waals surface area contributed by atoms with Crippen molar-refractivity contribution in [3.05, 3.63) is 35.6 Å². The molecule has 1 aromatic carbocycles. The maximum absolute atomic E-state index is 13.2. The summed E-state index contributed by atoms with van der Waals surface area (Å²) < 4.78 is 13.2. The lowest BCUT2D eigenvalue weighted by molar-refractivity contribution is 0.157. The van der Waals surface area contributed by atoms with Gasteiger partial charge < -0.3 is 0 Å². The molecule has 3 heteroatoms. The van der Waals surface area contributed by atoms with Crippen molar-refractivity contribution in [3.8, 4) is 0 Å². The molecule has 2 rings (SSSR count). The van der Waals surface area contributed by atoms with Crippen LogP contribution in [0.25, 0.3) is 0 Å². The number of rotatable bonds is 5. The summed E-state index contributed by atoms with van der Waals surface area (Å²) in [7, 11) is 0. The van der Waals surface area contributed by atoms with Crippen molar-refractivity contribution < 1.29 is 4.39 Å². The molecule has 1 aromatic rings. The Kier molecular flexibility index (Phi) is 5.45. The van der Waals surface area contributed by atoms with Crippen molar-refractivity contribution in [2.75, 3.05) is 12.4 Å². The first-order valence-electron chi connectivity index (χ1n) is 6.84. The van der Waals surface area contributed by atoms with Gasteiger partial charge in [0.05, 0.1) is 0 Å². The molecule has 0 spiro atoms. The van der Waals surface area contributed by atoms with E-state index in [2.05, 4.69) is 4.90 Å². The molecule has 0 unspecified atom stereocenters. The lowest BCUT2D eigenvalue weighted by Gasteiger charge is -2.34. The molecule has 100 valence electrons. The van der Waals surface area contributed by atoms with Crippen LogP contribution < -0.4 is 0 Å². The smallest absolute Gasteiger partial charge is 0.123 e. The molecule has 0 amide bonds. The molecule has 0 heterocycles. The normalized spacial score (nSPS) is 17.3. The van der Waals surface area contributed by atoms with E-state index in [1.54, 1.807) is 12.1 Å². The molecule has 0 aromatic heterocycles. The molecule has 0 atom stereocenters. The van der Waals surface area contributed by atoms with E-state index in [4.69, 9.17) is 11.6 Å². The molecule has 0 N–H and O–H groups in total. The zero-order valence-electron chi connectivity index (χ0n) is 10.7. The fourth-order valence-electron chi connectivity index (χ4n) is 2.82. The van der Waals surface area contributed by atoms with E-state index < -0.39 is 0 Å². The molecule has 0 radical (unpaired) electrons. The Morgan fingerprint density at radius 3 is 2.67 bits per heavy atom. The zero-order chi connectivity index (χ0) is 12.8. The van der Waals surface area contributed by atoms with Gasteiger partial charge in [-0.2, -0.15) is 0 Å². The summed E-state index contributed by atoms with van der Waals surface area (Å²) in [5.41, 5.74) is 1.05. The largest absolute Gasteiger partial charge is 0.295 e. The minimum Gasteiger partial charge on any atom is -0.295 e. The fraction of sp³-hybridized carbons (Fsp3) is 0.600. The van der Waals surface area contributed by atoms with Crippen LogP contribution in [0.3, 0.4) is 0 Å². The molecule has 18 heavy (non-hydrogen) atoms. The van der Waals surface area contributed by atoms with Gasteiger partial charge in [0.25, 0.3) is 0 Å². The van der Waals surface area contributed by atoms with Crippen LogP contribution in [-0.2, 0) is 6.54 Å². The van der Waals surface area contributed by atoms with Gasteiger partial charge in [-0.15, -0.1) is 11.6 Å². The highest BCUT2D eigenvalue weighted by molar-refractivity contribution is 6.18. The third kappa shape index (κ3) is 3.96. The van der Waals surface area contributed by atoms with Crippen LogP contribution in [0, 0.1) is 5.82 Å². The van der Waals surface area contributed by atoms with Crippen molar-refractivity contribution in [2.45, 2.75) is 44.7 Å². The second-order valence-electron chi connectivity index (χ2n) is 5.08. The van der Waals surface area contributed by atoms with Crippen molar-refractivity contribution in [1.82, 2.24) is 4.90 Å². The average molecular weight is 270 g/mol. The predicted molar refractivity (Wildman–Crippen MR) is 74.4 cm³/mol. The van der Waals surface area contributed by atoms with E-state index in [0.29, 0.717) is 11.9 Å². The van der Waals surface area contributed by atoms with Gasteiger partial charge in [0.2, 0.25) is 0 Å². The Hall–Kier alpha value is -0.600. The van der Waals surface area contributed by atoms with Crippen molar-refractivity contribution >= 4 is 11.6 Å². The topological polar surface area (TPSA) is 3.24 Å². The number of benzene rings is 1. The van der Waals surface area contributed by atoms with Gasteiger partial charge >= 0.3 is 0 Å². The van der Waals surface area contributed by atoms with Crippen LogP contribution in [0.5, 0.6) is 0 Å². The van der Waals surface area contributed by atoms with Crippen LogP contribution in [0.4, 0.5) is 4.39 Å². The van der Waals surface area contributed by atoms with Gasteiger partial charge in [0.15, 0.2) is 0 Å². The monoisotopic (exact) mass is 269 g/mol. The van der Waals surface area contributed by atoms with Crippen molar-refractivity contribution in [3.63, 3.8) is 0 Å². The van der Waals surface area contributed by atoms with E-state index in [1.165, 1.54) is 38.2 Å². The number of hydrogen-bond acceptors (Lipinski definition) is 1. The molecule has 0 aliphatic heterocycles. The third-order valence-electron chi connectivity index (χ3n) is 3.74. The summed E-state index contributed by atoms with van der Waals surface area (Å²) in [6.07, 6.45) is 6.49. The van der Waals surface area contributed by atoms with E-state index in [-0.39, 0.29) is 5.82 Å². The van der Waals surface area contributed by atoms with Gasteiger partial charge in [0, 0.05) is 25.0 Å². The fourth-order valence-corrected chi connectivity index (χ4v) is 3.03. The van der Waals surface area contributed by atoms with Gasteiger partial charge in [0.1, 0.15) is 5.82 Å². The van der Waals surface area contributed by atoms with Gasteiger partial charge in [-0.25, -0.2) is 4.39 Å². The molecule has 1 nitrogen and oxygen atoms in total. The highest BCUT2D eigenvalue weighted by Gasteiger charge is 2.20. The van der Waals surface area contributed by atoms with Gasteiger partial charge in [-0.1, -0.05) is 31.4 Å². The van der Waals surface area contributed by atoms with Crippen LogP contribution in [0.1, 0.15) is 37.7 Å². The molecule has 1 aliphatic rings. The van der Waals surface area contributed by atoms with Gasteiger partial charge in [-0.3, -0.25) is 4.90 Å². The van der Waals surface area contributed by atoms with Crippen molar-refractivity contribution in [2.24, 2.45) is 0 Å². The molecular formula is C15H21ClFN. The Labute approximate surface area is 114 Å². The van der Waals surface area contributed by atoms with Crippen LogP contribution >= 0.6 is 11.6 Å². The number of hydrogen-bond donors (Lipinski definition) is 0. The summed E-state index contributed by atoms with van der Waals surface area (Å²) in [6, 6.07) is 7.53. The Morgan fingerprint density at radius 2 is 2.00 bits per heavy atom. The number of halogens is 2.